The average Bonchev–Trinajstić information content (AvgIpc) is 3.33. The van der Waals surface area contributed by atoms with E-state index in [1.165, 1.54) is 15.4 Å². The Labute approximate surface area is 176 Å². The molecule has 0 amide bonds. The van der Waals surface area contributed by atoms with Gasteiger partial charge in [-0.25, -0.2) is 0 Å². The molecule has 2 N–H and O–H groups in total. The van der Waals surface area contributed by atoms with Crippen molar-refractivity contribution in [3.63, 3.8) is 0 Å². The van der Waals surface area contributed by atoms with Crippen LogP contribution >= 0.6 is 11.3 Å². The van der Waals surface area contributed by atoms with Crippen molar-refractivity contribution in [1.29, 1.82) is 0 Å². The van der Waals surface area contributed by atoms with Gasteiger partial charge < -0.3 is 24.0 Å². The highest BCUT2D eigenvalue weighted by Gasteiger charge is 2.46. The third-order valence-corrected chi connectivity index (χ3v) is 6.89. The topological polar surface area (TPSA) is 53.6 Å². The SMILES string of the molecule is COc1ccc([C@@H]([C@@H](C(=O)c2cccs2)[NH+]2CCOCC2)[NH+]2CCOCC2)cc1. The molecular formula is C22H30N2O4S+2. The van der Waals surface area contributed by atoms with Crippen LogP contribution in [0.2, 0.25) is 0 Å². The van der Waals surface area contributed by atoms with Crippen LogP contribution in [0.1, 0.15) is 21.3 Å². The maximum absolute atomic E-state index is 13.8. The van der Waals surface area contributed by atoms with E-state index in [4.69, 9.17) is 14.2 Å². The van der Waals surface area contributed by atoms with E-state index in [1.807, 2.05) is 29.6 Å². The Hall–Kier alpha value is -1.77. The zero-order valence-electron chi connectivity index (χ0n) is 16.9. The second-order valence-electron chi connectivity index (χ2n) is 7.61. The Kier molecular flexibility index (Phi) is 6.94. The van der Waals surface area contributed by atoms with E-state index in [1.54, 1.807) is 18.4 Å². The Morgan fingerprint density at radius 3 is 2.14 bits per heavy atom. The smallest absolute Gasteiger partial charge is 0.236 e. The van der Waals surface area contributed by atoms with Gasteiger partial charge in [0, 0.05) is 5.56 Å². The van der Waals surface area contributed by atoms with Crippen molar-refractivity contribution in [2.24, 2.45) is 0 Å². The Morgan fingerprint density at radius 2 is 1.59 bits per heavy atom. The zero-order chi connectivity index (χ0) is 20.1. The fourth-order valence-corrected chi connectivity index (χ4v) is 5.21. The van der Waals surface area contributed by atoms with Crippen molar-refractivity contribution in [3.8, 4) is 5.75 Å². The van der Waals surface area contributed by atoms with Crippen LogP contribution in [0.5, 0.6) is 5.75 Å². The van der Waals surface area contributed by atoms with Gasteiger partial charge in [-0.1, -0.05) is 6.07 Å². The minimum atomic E-state index is -0.140. The molecule has 2 atom stereocenters. The lowest BCUT2D eigenvalue weighted by atomic mass is 9.91. The molecule has 29 heavy (non-hydrogen) atoms. The average molecular weight is 419 g/mol. The molecule has 0 unspecified atom stereocenters. The van der Waals surface area contributed by atoms with Crippen LogP contribution in [0.4, 0.5) is 0 Å². The highest BCUT2D eigenvalue weighted by atomic mass is 32.1. The zero-order valence-corrected chi connectivity index (χ0v) is 17.7. The molecule has 1 aromatic heterocycles. The highest BCUT2D eigenvalue weighted by Crippen LogP contribution is 2.22. The highest BCUT2D eigenvalue weighted by molar-refractivity contribution is 7.12. The van der Waals surface area contributed by atoms with Gasteiger partial charge in [0.05, 0.1) is 38.4 Å². The van der Waals surface area contributed by atoms with E-state index < -0.39 is 0 Å². The maximum Gasteiger partial charge on any atom is 0.236 e. The molecule has 2 aliphatic rings. The second-order valence-corrected chi connectivity index (χ2v) is 8.56. The Balaban J connectivity index is 1.74. The molecule has 2 aromatic rings. The molecule has 0 saturated carbocycles. The molecule has 7 heteroatoms. The number of carbonyl (C=O) groups excluding carboxylic acids is 1. The van der Waals surface area contributed by atoms with Gasteiger partial charge in [0.25, 0.3) is 0 Å². The van der Waals surface area contributed by atoms with Gasteiger partial charge in [0.15, 0.2) is 6.04 Å². The number of benzene rings is 1. The molecule has 6 nitrogen and oxygen atoms in total. The Bertz CT molecular complexity index is 769. The summed E-state index contributed by atoms with van der Waals surface area (Å²) in [6.07, 6.45) is 0. The van der Waals surface area contributed by atoms with Gasteiger partial charge in [-0.3, -0.25) is 4.79 Å². The fraction of sp³-hybridized carbons (Fsp3) is 0.500. The largest absolute Gasteiger partial charge is 0.497 e. The summed E-state index contributed by atoms with van der Waals surface area (Å²) in [7, 11) is 1.68. The number of morpholine rings is 2. The van der Waals surface area contributed by atoms with Crippen molar-refractivity contribution in [2.45, 2.75) is 12.1 Å². The van der Waals surface area contributed by atoms with E-state index in [9.17, 15) is 4.79 Å². The molecular weight excluding hydrogens is 388 g/mol. The summed E-state index contributed by atoms with van der Waals surface area (Å²) in [6.45, 7) is 6.43. The first-order chi connectivity index (χ1) is 14.3. The number of nitrogens with one attached hydrogen (secondary N) is 2. The number of hydrogen-bond donors (Lipinski definition) is 2. The number of Topliss-reactive ketones (excluding diaryl/α,β-unsaturated/α-hetero) is 1. The van der Waals surface area contributed by atoms with Crippen LogP contribution in [0.25, 0.3) is 0 Å². The normalized spacial score (nSPS) is 20.9. The molecule has 4 rings (SSSR count). The van der Waals surface area contributed by atoms with Gasteiger partial charge in [-0.05, 0) is 35.7 Å². The summed E-state index contributed by atoms with van der Waals surface area (Å²) in [5.41, 5.74) is 1.19. The molecule has 2 fully saturated rings. The number of thiophene rings is 1. The summed E-state index contributed by atoms with van der Waals surface area (Å²) in [6, 6.07) is 12.1. The van der Waals surface area contributed by atoms with E-state index in [0.717, 1.165) is 50.0 Å². The molecule has 3 heterocycles. The van der Waals surface area contributed by atoms with Gasteiger partial charge in [0.2, 0.25) is 11.8 Å². The maximum atomic E-state index is 13.8. The van der Waals surface area contributed by atoms with E-state index in [0.29, 0.717) is 13.2 Å². The lowest BCUT2D eigenvalue weighted by Gasteiger charge is -2.39. The summed E-state index contributed by atoms with van der Waals surface area (Å²) >= 11 is 1.54. The third kappa shape index (κ3) is 4.70. The van der Waals surface area contributed by atoms with Crippen molar-refractivity contribution >= 4 is 17.1 Å². The third-order valence-electron chi connectivity index (χ3n) is 6.00. The standard InChI is InChI=1S/C22H28N2O4S/c1-26-18-6-4-17(5-7-18)20(23-8-12-27-13-9-23)21(24-10-14-28-15-11-24)22(25)19-3-2-16-29-19/h2-7,16,20-21H,8-15H2,1H3/p+2/t20-,21-/m0/s1. The van der Waals surface area contributed by atoms with Crippen LogP contribution in [0.15, 0.2) is 41.8 Å². The second kappa shape index (κ2) is 9.82. The van der Waals surface area contributed by atoms with Crippen molar-refractivity contribution in [2.75, 3.05) is 59.7 Å². The minimum absolute atomic E-state index is 0.0764. The predicted molar refractivity (Wildman–Crippen MR) is 111 cm³/mol. The first kappa shape index (κ1) is 20.5. The molecule has 0 spiro atoms. The lowest BCUT2D eigenvalue weighted by Crippen LogP contribution is -3.25. The van der Waals surface area contributed by atoms with Crippen LogP contribution in [0, 0.1) is 0 Å². The van der Waals surface area contributed by atoms with Crippen LogP contribution in [-0.2, 0) is 9.47 Å². The Morgan fingerprint density at radius 1 is 0.966 bits per heavy atom. The number of carbonyl (C=O) groups is 1. The summed E-state index contributed by atoms with van der Waals surface area (Å²) in [5, 5.41) is 1.99. The van der Waals surface area contributed by atoms with Crippen molar-refractivity contribution < 1.29 is 28.8 Å². The molecule has 1 aromatic carbocycles. The van der Waals surface area contributed by atoms with Gasteiger partial charge in [-0.15, -0.1) is 11.3 Å². The number of hydrogen-bond acceptors (Lipinski definition) is 5. The molecule has 2 aliphatic heterocycles. The van der Waals surface area contributed by atoms with E-state index in [-0.39, 0.29) is 17.9 Å². The van der Waals surface area contributed by atoms with Gasteiger partial charge in [0.1, 0.15) is 31.9 Å². The summed E-state index contributed by atoms with van der Waals surface area (Å²) in [5.74, 6) is 1.08. The molecule has 0 aliphatic carbocycles. The number of rotatable bonds is 7. The van der Waals surface area contributed by atoms with Gasteiger partial charge >= 0.3 is 0 Å². The first-order valence-corrected chi connectivity index (χ1v) is 11.2. The number of ether oxygens (including phenoxy) is 3. The lowest BCUT2D eigenvalue weighted by molar-refractivity contribution is -0.999. The monoisotopic (exact) mass is 418 g/mol. The van der Waals surface area contributed by atoms with Gasteiger partial charge in [-0.2, -0.15) is 0 Å². The molecule has 2 saturated heterocycles. The van der Waals surface area contributed by atoms with Crippen LogP contribution < -0.4 is 14.5 Å². The summed E-state index contributed by atoms with van der Waals surface area (Å²) in [4.78, 5) is 17.4. The number of methoxy groups -OCH3 is 1. The van der Waals surface area contributed by atoms with E-state index >= 15 is 0 Å². The predicted octanol–water partition coefficient (Wildman–Crippen LogP) is -0.120. The fourth-order valence-electron chi connectivity index (χ4n) is 4.51. The minimum Gasteiger partial charge on any atom is -0.497 e. The molecule has 156 valence electrons. The number of ketones is 1. The quantitative estimate of drug-likeness (QED) is 0.616. The van der Waals surface area contributed by atoms with Crippen molar-refractivity contribution in [3.05, 3.63) is 52.2 Å². The van der Waals surface area contributed by atoms with Crippen LogP contribution in [-0.4, -0.2) is 71.5 Å². The summed E-state index contributed by atoms with van der Waals surface area (Å²) < 4.78 is 16.6. The first-order valence-electron chi connectivity index (χ1n) is 10.3. The van der Waals surface area contributed by atoms with Crippen LogP contribution in [0.3, 0.4) is 0 Å². The molecule has 0 bridgehead atoms. The van der Waals surface area contributed by atoms with E-state index in [2.05, 4.69) is 12.1 Å². The number of quaternary nitrogens is 2. The molecule has 0 radical (unpaired) electrons. The van der Waals surface area contributed by atoms with Crippen molar-refractivity contribution in [1.82, 2.24) is 0 Å².